The summed E-state index contributed by atoms with van der Waals surface area (Å²) >= 11 is 0. The van der Waals surface area contributed by atoms with E-state index in [0.717, 1.165) is 18.1 Å². The Bertz CT molecular complexity index is 531. The minimum absolute atomic E-state index is 0.343. The molecule has 1 aromatic rings. The summed E-state index contributed by atoms with van der Waals surface area (Å²) in [5, 5.41) is 0. The van der Waals surface area contributed by atoms with Crippen LogP contribution in [-0.2, 0) is 8.23 Å². The monoisotopic (exact) mass is 398 g/mol. The fourth-order valence-corrected chi connectivity index (χ4v) is 15.9. The Morgan fingerprint density at radius 2 is 1.40 bits per heavy atom. The molecule has 25 heavy (non-hydrogen) atoms. The Balaban J connectivity index is 2.69. The van der Waals surface area contributed by atoms with Crippen LogP contribution in [-0.4, -0.2) is 38.1 Å². The van der Waals surface area contributed by atoms with Gasteiger partial charge in [-0.1, -0.05) is 6.92 Å². The van der Waals surface area contributed by atoms with Gasteiger partial charge in [0.25, 0.3) is 0 Å². The fraction of sp³-hybridized carbons (Fsp3) is 0.611. The number of carbonyl (C=O) groups excluding carboxylic acids is 1. The van der Waals surface area contributed by atoms with Crippen LogP contribution in [0.15, 0.2) is 24.3 Å². The molecule has 0 saturated heterocycles. The quantitative estimate of drug-likeness (QED) is 0.397. The van der Waals surface area contributed by atoms with Crippen molar-refractivity contribution < 1.29 is 17.8 Å². The van der Waals surface area contributed by atoms with E-state index in [1.165, 1.54) is 0 Å². The van der Waals surface area contributed by atoms with Gasteiger partial charge < -0.3 is 13.0 Å². The summed E-state index contributed by atoms with van der Waals surface area (Å²) in [7, 11) is -5.58. The zero-order valence-electron chi connectivity index (χ0n) is 17.0. The third-order valence-corrected chi connectivity index (χ3v) is 13.1. The summed E-state index contributed by atoms with van der Waals surface area (Å²) in [6.07, 6.45) is 0.838. The molecule has 1 atom stereocenters. The molecular formula is C18H34O4Si3. The summed E-state index contributed by atoms with van der Waals surface area (Å²) in [5.74, 6) is 1.13. The van der Waals surface area contributed by atoms with Crippen molar-refractivity contribution in [3.8, 4) is 5.75 Å². The number of aldehydes is 1. The van der Waals surface area contributed by atoms with Gasteiger partial charge in [-0.25, -0.2) is 0 Å². The minimum Gasteiger partial charge on any atom is -0.493 e. The van der Waals surface area contributed by atoms with Crippen LogP contribution in [0.5, 0.6) is 5.75 Å². The number of ether oxygens (including phenoxy) is 1. The van der Waals surface area contributed by atoms with E-state index in [1.54, 1.807) is 12.1 Å². The van der Waals surface area contributed by atoms with Gasteiger partial charge in [-0.2, -0.15) is 0 Å². The minimum atomic E-state index is -2.24. The van der Waals surface area contributed by atoms with E-state index >= 15 is 0 Å². The zero-order chi connectivity index (χ0) is 19.3. The van der Waals surface area contributed by atoms with Gasteiger partial charge in [0, 0.05) is 5.56 Å². The summed E-state index contributed by atoms with van der Waals surface area (Å²) in [5.41, 5.74) is 0.660. The molecule has 1 aromatic carbocycles. The van der Waals surface area contributed by atoms with Crippen LogP contribution in [0, 0.1) is 5.92 Å². The number of benzene rings is 1. The highest BCUT2D eigenvalue weighted by atomic mass is 28.5. The Hall–Kier alpha value is -0.739. The van der Waals surface area contributed by atoms with Crippen molar-refractivity contribution in [2.45, 2.75) is 58.8 Å². The normalized spacial score (nSPS) is 14.2. The number of hydrogen-bond donors (Lipinski definition) is 0. The Labute approximate surface area is 156 Å². The maximum Gasteiger partial charge on any atom is 0.314 e. The maximum atomic E-state index is 10.7. The molecule has 0 aliphatic carbocycles. The molecule has 0 saturated carbocycles. The van der Waals surface area contributed by atoms with Gasteiger partial charge in [0.1, 0.15) is 12.0 Å². The zero-order valence-corrected chi connectivity index (χ0v) is 20.0. The first-order valence-corrected chi connectivity index (χ1v) is 18.2. The van der Waals surface area contributed by atoms with Crippen molar-refractivity contribution in [2.24, 2.45) is 5.92 Å². The molecule has 0 aromatic heterocycles. The third-order valence-electron chi connectivity index (χ3n) is 3.31. The van der Waals surface area contributed by atoms with Gasteiger partial charge in [-0.15, -0.1) is 0 Å². The van der Waals surface area contributed by atoms with Crippen molar-refractivity contribution in [2.75, 3.05) is 6.61 Å². The topological polar surface area (TPSA) is 44.8 Å². The first-order valence-electron chi connectivity index (χ1n) is 8.90. The molecular weight excluding hydrogens is 364 g/mol. The molecule has 0 aliphatic rings. The maximum absolute atomic E-state index is 10.7. The lowest BCUT2D eigenvalue weighted by Gasteiger charge is -2.39. The van der Waals surface area contributed by atoms with Crippen LogP contribution in [0.25, 0.3) is 0 Å². The van der Waals surface area contributed by atoms with Gasteiger partial charge >= 0.3 is 8.56 Å². The lowest BCUT2D eigenvalue weighted by molar-refractivity contribution is 0.112. The summed E-state index contributed by atoms with van der Waals surface area (Å²) in [6.45, 7) is 18.4. The second kappa shape index (κ2) is 8.77. The highest BCUT2D eigenvalue weighted by molar-refractivity contribution is 6.87. The molecule has 0 fully saturated rings. The molecule has 4 nitrogen and oxygen atoms in total. The van der Waals surface area contributed by atoms with E-state index in [9.17, 15) is 4.79 Å². The van der Waals surface area contributed by atoms with Gasteiger partial charge in [0.15, 0.2) is 16.6 Å². The van der Waals surface area contributed by atoms with Crippen molar-refractivity contribution in [1.82, 2.24) is 0 Å². The van der Waals surface area contributed by atoms with Crippen LogP contribution in [0.2, 0.25) is 51.9 Å². The van der Waals surface area contributed by atoms with E-state index in [-0.39, 0.29) is 0 Å². The van der Waals surface area contributed by atoms with Crippen molar-refractivity contribution in [1.29, 1.82) is 0 Å². The molecule has 0 amide bonds. The summed E-state index contributed by atoms with van der Waals surface area (Å²) in [6, 6.07) is 8.14. The van der Waals surface area contributed by atoms with Gasteiger partial charge in [-0.05, 0) is 82.1 Å². The molecule has 0 bridgehead atoms. The Morgan fingerprint density at radius 3 is 1.80 bits per heavy atom. The average Bonchev–Trinajstić information content (AvgIpc) is 2.41. The van der Waals surface area contributed by atoms with Crippen molar-refractivity contribution in [3.05, 3.63) is 29.8 Å². The van der Waals surface area contributed by atoms with Gasteiger partial charge in [0.2, 0.25) is 0 Å². The predicted octanol–water partition coefficient (Wildman–Crippen LogP) is 5.29. The highest BCUT2D eigenvalue weighted by Crippen LogP contribution is 2.28. The number of carbonyl (C=O) groups is 1. The lowest BCUT2D eigenvalue weighted by Crippen LogP contribution is -2.53. The standard InChI is InChI=1S/C18H34O4Si3/c1-16(14-20-18-11-9-17(13-19)10-12-18)15-25(8,21-23(2,3)4)22-24(5,6)7/h9-13,16H,14-15H2,1-8H3. The van der Waals surface area contributed by atoms with Crippen LogP contribution in [0.1, 0.15) is 17.3 Å². The third kappa shape index (κ3) is 9.50. The smallest absolute Gasteiger partial charge is 0.314 e. The van der Waals surface area contributed by atoms with Crippen LogP contribution < -0.4 is 4.74 Å². The van der Waals surface area contributed by atoms with Gasteiger partial charge in [0.05, 0.1) is 6.61 Å². The molecule has 0 radical (unpaired) electrons. The highest BCUT2D eigenvalue weighted by Gasteiger charge is 2.41. The second-order valence-electron chi connectivity index (χ2n) is 8.87. The Kier molecular flexibility index (Phi) is 7.82. The molecule has 0 heterocycles. The molecule has 0 spiro atoms. The second-order valence-corrected chi connectivity index (χ2v) is 21.6. The van der Waals surface area contributed by atoms with Crippen LogP contribution >= 0.6 is 0 Å². The SMILES string of the molecule is CC(COc1ccc(C=O)cc1)C[Si](C)(O[Si](C)(C)C)O[Si](C)(C)C. The molecule has 1 rings (SSSR count). The fourth-order valence-electron chi connectivity index (χ4n) is 2.97. The van der Waals surface area contributed by atoms with Crippen molar-refractivity contribution in [3.63, 3.8) is 0 Å². The van der Waals surface area contributed by atoms with Crippen LogP contribution in [0.3, 0.4) is 0 Å². The average molecular weight is 399 g/mol. The van der Waals surface area contributed by atoms with Crippen molar-refractivity contribution >= 4 is 31.5 Å². The largest absolute Gasteiger partial charge is 0.493 e. The summed E-state index contributed by atoms with van der Waals surface area (Å²) in [4.78, 5) is 10.7. The van der Waals surface area contributed by atoms with Crippen LogP contribution in [0.4, 0.5) is 0 Å². The predicted molar refractivity (Wildman–Crippen MR) is 112 cm³/mol. The number of rotatable bonds is 10. The molecule has 1 unspecified atom stereocenters. The van der Waals surface area contributed by atoms with E-state index in [0.29, 0.717) is 18.1 Å². The molecule has 0 aliphatic heterocycles. The first kappa shape index (κ1) is 22.3. The van der Waals surface area contributed by atoms with E-state index in [1.807, 2.05) is 12.1 Å². The molecule has 0 N–H and O–H groups in total. The summed E-state index contributed by atoms with van der Waals surface area (Å²) < 4.78 is 19.0. The molecule has 7 heteroatoms. The van der Waals surface area contributed by atoms with Gasteiger partial charge in [-0.3, -0.25) is 4.79 Å². The number of hydrogen-bond acceptors (Lipinski definition) is 4. The Morgan fingerprint density at radius 1 is 0.920 bits per heavy atom. The van der Waals surface area contributed by atoms with E-state index in [4.69, 9.17) is 13.0 Å². The lowest BCUT2D eigenvalue weighted by atomic mass is 10.2. The molecule has 142 valence electrons. The van der Waals surface area contributed by atoms with E-state index < -0.39 is 25.2 Å². The first-order chi connectivity index (χ1) is 11.3. The van der Waals surface area contributed by atoms with E-state index in [2.05, 4.69) is 52.8 Å².